The van der Waals surface area contributed by atoms with E-state index in [1.165, 1.54) is 25.9 Å². The molecule has 1 aliphatic heterocycles. The molecule has 5 heteroatoms. The van der Waals surface area contributed by atoms with Gasteiger partial charge in [-0.2, -0.15) is 0 Å². The van der Waals surface area contributed by atoms with Crippen molar-refractivity contribution in [3.8, 4) is 0 Å². The number of aromatic nitrogens is 1. The summed E-state index contributed by atoms with van der Waals surface area (Å²) in [7, 11) is 0. The maximum absolute atomic E-state index is 6.05. The topological polar surface area (TPSA) is 28.2 Å². The zero-order chi connectivity index (χ0) is 12.3. The molecule has 0 radical (unpaired) electrons. The van der Waals surface area contributed by atoms with Crippen molar-refractivity contribution in [2.24, 2.45) is 0 Å². The van der Waals surface area contributed by atoms with Gasteiger partial charge >= 0.3 is 0 Å². The number of rotatable bonds is 4. The van der Waals surface area contributed by atoms with E-state index in [1.807, 2.05) is 0 Å². The largest absolute Gasteiger partial charge is 0.367 e. The predicted molar refractivity (Wildman–Crippen MR) is 73.0 cm³/mol. The number of anilines is 1. The van der Waals surface area contributed by atoms with Gasteiger partial charge in [0.05, 0.1) is 10.0 Å². The zero-order valence-electron chi connectivity index (χ0n) is 9.92. The lowest BCUT2D eigenvalue weighted by Gasteiger charge is -2.24. The minimum absolute atomic E-state index is 0.506. The first-order valence-corrected chi connectivity index (χ1v) is 6.71. The van der Waals surface area contributed by atoms with Crippen molar-refractivity contribution in [2.75, 3.05) is 25.0 Å². The normalized spacial score (nSPS) is 18.3. The van der Waals surface area contributed by atoms with Crippen molar-refractivity contribution in [2.45, 2.75) is 25.8 Å². The first kappa shape index (κ1) is 12.9. The van der Waals surface area contributed by atoms with Gasteiger partial charge in [-0.1, -0.05) is 23.2 Å². The van der Waals surface area contributed by atoms with E-state index < -0.39 is 0 Å². The number of hydrogen-bond acceptors (Lipinski definition) is 3. The highest BCUT2D eigenvalue weighted by Gasteiger charge is 2.17. The molecule has 1 saturated heterocycles. The second-order valence-corrected chi connectivity index (χ2v) is 5.30. The van der Waals surface area contributed by atoms with Crippen LogP contribution in [-0.4, -0.2) is 35.6 Å². The molecule has 0 aliphatic carbocycles. The summed E-state index contributed by atoms with van der Waals surface area (Å²) in [6, 6.07) is 2.21. The molecular weight excluding hydrogens is 257 g/mol. The second-order valence-electron chi connectivity index (χ2n) is 4.46. The molecule has 0 saturated carbocycles. The van der Waals surface area contributed by atoms with Crippen molar-refractivity contribution in [3.05, 3.63) is 22.3 Å². The van der Waals surface area contributed by atoms with Gasteiger partial charge in [-0.15, -0.1) is 0 Å². The van der Waals surface area contributed by atoms with Gasteiger partial charge in [0, 0.05) is 18.8 Å². The average molecular weight is 274 g/mol. The number of halogens is 2. The Balaban J connectivity index is 1.88. The number of nitrogens with one attached hydrogen (secondary N) is 1. The summed E-state index contributed by atoms with van der Waals surface area (Å²) < 4.78 is 0. The third-order valence-corrected chi connectivity index (χ3v) is 3.63. The molecule has 0 bridgehead atoms. The first-order valence-electron chi connectivity index (χ1n) is 5.96. The molecular formula is C12H17Cl2N3. The Labute approximate surface area is 112 Å². The van der Waals surface area contributed by atoms with Crippen molar-refractivity contribution in [3.63, 3.8) is 0 Å². The van der Waals surface area contributed by atoms with Crippen LogP contribution in [0.5, 0.6) is 0 Å². The number of pyridine rings is 1. The van der Waals surface area contributed by atoms with Crippen LogP contribution in [0, 0.1) is 0 Å². The molecule has 2 rings (SSSR count). The van der Waals surface area contributed by atoms with E-state index in [4.69, 9.17) is 23.2 Å². The Kier molecular flexibility index (Phi) is 4.48. The van der Waals surface area contributed by atoms with Gasteiger partial charge in [0.1, 0.15) is 5.82 Å². The van der Waals surface area contributed by atoms with Gasteiger partial charge in [0.2, 0.25) is 0 Å². The Bertz CT molecular complexity index is 378. The molecule has 0 spiro atoms. The Morgan fingerprint density at radius 1 is 1.41 bits per heavy atom. The molecule has 1 aromatic rings. The van der Waals surface area contributed by atoms with Crippen LogP contribution in [0.4, 0.5) is 5.82 Å². The van der Waals surface area contributed by atoms with Crippen LogP contribution in [-0.2, 0) is 0 Å². The standard InChI is InChI=1S/C12H17Cl2N3/c1-9(17-4-2-3-5-17)7-15-12-11(14)6-10(13)8-16-12/h6,8-9H,2-5,7H2,1H3,(H,15,16). The summed E-state index contributed by atoms with van der Waals surface area (Å²) in [5.74, 6) is 0.710. The SMILES string of the molecule is CC(CNc1ncc(Cl)cc1Cl)N1CCCC1. The highest BCUT2D eigenvalue weighted by molar-refractivity contribution is 6.35. The molecule has 1 aromatic heterocycles. The van der Waals surface area contributed by atoms with Crippen LogP contribution in [0.1, 0.15) is 19.8 Å². The molecule has 1 fully saturated rings. The molecule has 2 heterocycles. The van der Waals surface area contributed by atoms with Gasteiger partial charge in [-0.25, -0.2) is 4.98 Å². The van der Waals surface area contributed by atoms with Crippen LogP contribution in [0.3, 0.4) is 0 Å². The lowest BCUT2D eigenvalue weighted by molar-refractivity contribution is 0.269. The highest BCUT2D eigenvalue weighted by Crippen LogP contribution is 2.22. The van der Waals surface area contributed by atoms with Crippen molar-refractivity contribution >= 4 is 29.0 Å². The van der Waals surface area contributed by atoms with Gasteiger partial charge in [0.25, 0.3) is 0 Å². The minimum Gasteiger partial charge on any atom is -0.367 e. The van der Waals surface area contributed by atoms with Crippen LogP contribution >= 0.6 is 23.2 Å². The summed E-state index contributed by atoms with van der Waals surface area (Å²) in [5, 5.41) is 4.41. The molecule has 3 nitrogen and oxygen atoms in total. The van der Waals surface area contributed by atoms with E-state index in [0.29, 0.717) is 21.9 Å². The van der Waals surface area contributed by atoms with E-state index >= 15 is 0 Å². The summed E-state index contributed by atoms with van der Waals surface area (Å²) in [4.78, 5) is 6.67. The highest BCUT2D eigenvalue weighted by atomic mass is 35.5. The van der Waals surface area contributed by atoms with Crippen molar-refractivity contribution < 1.29 is 0 Å². The van der Waals surface area contributed by atoms with Crippen molar-refractivity contribution in [1.82, 2.24) is 9.88 Å². The smallest absolute Gasteiger partial charge is 0.144 e. The van der Waals surface area contributed by atoms with Gasteiger partial charge in [-0.3, -0.25) is 4.90 Å². The van der Waals surface area contributed by atoms with Crippen molar-refractivity contribution in [1.29, 1.82) is 0 Å². The Hall–Kier alpha value is -0.510. The van der Waals surface area contributed by atoms with Crippen LogP contribution in [0.25, 0.3) is 0 Å². The van der Waals surface area contributed by atoms with Crippen LogP contribution < -0.4 is 5.32 Å². The first-order chi connectivity index (χ1) is 8.16. The molecule has 1 aliphatic rings. The van der Waals surface area contributed by atoms with E-state index in [9.17, 15) is 0 Å². The second kappa shape index (κ2) is 5.89. The maximum Gasteiger partial charge on any atom is 0.144 e. The lowest BCUT2D eigenvalue weighted by Crippen LogP contribution is -2.35. The lowest BCUT2D eigenvalue weighted by atomic mass is 10.3. The van der Waals surface area contributed by atoms with E-state index in [1.54, 1.807) is 12.3 Å². The fourth-order valence-electron chi connectivity index (χ4n) is 2.10. The van der Waals surface area contributed by atoms with E-state index in [0.717, 1.165) is 6.54 Å². The fourth-order valence-corrected chi connectivity index (χ4v) is 2.55. The number of nitrogens with zero attached hydrogens (tertiary/aromatic N) is 2. The van der Waals surface area contributed by atoms with Crippen LogP contribution in [0.2, 0.25) is 10.0 Å². The summed E-state index contributed by atoms with van der Waals surface area (Å²) in [6.07, 6.45) is 4.23. The molecule has 17 heavy (non-hydrogen) atoms. The average Bonchev–Trinajstić information content (AvgIpc) is 2.81. The fraction of sp³-hybridized carbons (Fsp3) is 0.583. The molecule has 1 N–H and O–H groups in total. The van der Waals surface area contributed by atoms with E-state index in [2.05, 4.69) is 22.1 Å². The predicted octanol–water partition coefficient (Wildman–Crippen LogP) is 3.28. The Morgan fingerprint density at radius 2 is 2.12 bits per heavy atom. The quantitative estimate of drug-likeness (QED) is 0.913. The third-order valence-electron chi connectivity index (χ3n) is 3.14. The molecule has 94 valence electrons. The number of hydrogen-bond donors (Lipinski definition) is 1. The molecule has 1 unspecified atom stereocenters. The van der Waals surface area contributed by atoms with Gasteiger partial charge in [0.15, 0.2) is 0 Å². The Morgan fingerprint density at radius 3 is 2.76 bits per heavy atom. The van der Waals surface area contributed by atoms with Gasteiger partial charge < -0.3 is 5.32 Å². The summed E-state index contributed by atoms with van der Waals surface area (Å²) in [5.41, 5.74) is 0. The van der Waals surface area contributed by atoms with Gasteiger partial charge in [-0.05, 0) is 38.9 Å². The maximum atomic E-state index is 6.05. The summed E-state index contributed by atoms with van der Waals surface area (Å²) in [6.45, 7) is 5.48. The third kappa shape index (κ3) is 3.47. The minimum atomic E-state index is 0.506. The molecule has 0 aromatic carbocycles. The van der Waals surface area contributed by atoms with E-state index in [-0.39, 0.29) is 0 Å². The van der Waals surface area contributed by atoms with Crippen LogP contribution in [0.15, 0.2) is 12.3 Å². The zero-order valence-corrected chi connectivity index (χ0v) is 11.4. The molecule has 0 amide bonds. The number of likely N-dealkylation sites (tertiary alicyclic amines) is 1. The monoisotopic (exact) mass is 273 g/mol. The molecule has 1 atom stereocenters. The summed E-state index contributed by atoms with van der Waals surface area (Å²) >= 11 is 11.8.